The summed E-state index contributed by atoms with van der Waals surface area (Å²) in [6.07, 6.45) is 2.49. The molecule has 0 saturated heterocycles. The number of hydrogen-bond donors (Lipinski definition) is 1. The van der Waals surface area contributed by atoms with E-state index in [4.69, 9.17) is 4.42 Å². The molecular weight excluding hydrogens is 264 g/mol. The first-order valence-electron chi connectivity index (χ1n) is 6.90. The van der Waals surface area contributed by atoms with E-state index >= 15 is 0 Å². The first-order chi connectivity index (χ1) is 10.4. The molecule has 21 heavy (non-hydrogen) atoms. The van der Waals surface area contributed by atoms with Crippen molar-refractivity contribution in [1.82, 2.24) is 20.5 Å². The van der Waals surface area contributed by atoms with E-state index < -0.39 is 0 Å². The van der Waals surface area contributed by atoms with Crippen LogP contribution in [0.4, 0.5) is 0 Å². The van der Waals surface area contributed by atoms with Crippen LogP contribution in [0.1, 0.15) is 11.6 Å². The smallest absolute Gasteiger partial charge is 0.247 e. The number of aromatic nitrogens is 3. The van der Waals surface area contributed by atoms with E-state index in [-0.39, 0.29) is 0 Å². The van der Waals surface area contributed by atoms with Gasteiger partial charge in [0.1, 0.15) is 0 Å². The summed E-state index contributed by atoms with van der Waals surface area (Å²) in [6, 6.07) is 15.7. The van der Waals surface area contributed by atoms with Gasteiger partial charge in [-0.2, -0.15) is 0 Å². The molecule has 5 nitrogen and oxygen atoms in total. The van der Waals surface area contributed by atoms with Crippen molar-refractivity contribution < 1.29 is 4.42 Å². The topological polar surface area (TPSA) is 63.8 Å². The molecular formula is C16H16N4O. The zero-order valence-corrected chi connectivity index (χ0v) is 11.6. The fraction of sp³-hybridized carbons (Fsp3) is 0.188. The van der Waals surface area contributed by atoms with Gasteiger partial charge < -0.3 is 9.73 Å². The molecule has 1 aromatic carbocycles. The third kappa shape index (κ3) is 3.73. The summed E-state index contributed by atoms with van der Waals surface area (Å²) >= 11 is 0. The van der Waals surface area contributed by atoms with Crippen LogP contribution in [0, 0.1) is 0 Å². The molecule has 0 amide bonds. The normalized spacial score (nSPS) is 10.7. The SMILES string of the molecule is c1ccc(-c2nnc(CCNCc3ccccn3)o2)cc1. The molecule has 3 rings (SSSR count). The van der Waals surface area contributed by atoms with Crippen LogP contribution in [-0.4, -0.2) is 21.7 Å². The molecule has 0 saturated carbocycles. The van der Waals surface area contributed by atoms with E-state index in [2.05, 4.69) is 20.5 Å². The van der Waals surface area contributed by atoms with E-state index in [1.807, 2.05) is 48.5 Å². The number of benzene rings is 1. The van der Waals surface area contributed by atoms with Crippen LogP contribution in [0.2, 0.25) is 0 Å². The fourth-order valence-electron chi connectivity index (χ4n) is 1.97. The molecule has 2 heterocycles. The van der Waals surface area contributed by atoms with Gasteiger partial charge in [-0.25, -0.2) is 0 Å². The molecule has 0 aliphatic heterocycles. The summed E-state index contributed by atoms with van der Waals surface area (Å²) in [5.74, 6) is 1.21. The number of nitrogens with zero attached hydrogens (tertiary/aromatic N) is 3. The molecule has 0 unspecified atom stereocenters. The van der Waals surface area contributed by atoms with Gasteiger partial charge in [-0.05, 0) is 24.3 Å². The molecule has 0 bridgehead atoms. The second-order valence-electron chi connectivity index (χ2n) is 4.61. The maximum Gasteiger partial charge on any atom is 0.247 e. The Morgan fingerprint density at radius 3 is 2.62 bits per heavy atom. The predicted octanol–water partition coefficient (Wildman–Crippen LogP) is 2.46. The van der Waals surface area contributed by atoms with Gasteiger partial charge in [0.05, 0.1) is 5.69 Å². The molecule has 0 radical (unpaired) electrons. The third-order valence-corrected chi connectivity index (χ3v) is 3.04. The lowest BCUT2D eigenvalue weighted by atomic mass is 10.2. The van der Waals surface area contributed by atoms with Crippen LogP contribution in [0.5, 0.6) is 0 Å². The van der Waals surface area contributed by atoms with Crippen LogP contribution >= 0.6 is 0 Å². The van der Waals surface area contributed by atoms with Crippen molar-refractivity contribution in [1.29, 1.82) is 0 Å². The van der Waals surface area contributed by atoms with Gasteiger partial charge in [-0.3, -0.25) is 4.98 Å². The maximum atomic E-state index is 5.64. The highest BCUT2D eigenvalue weighted by atomic mass is 16.4. The summed E-state index contributed by atoms with van der Waals surface area (Å²) in [5.41, 5.74) is 1.96. The molecule has 0 spiro atoms. The fourth-order valence-corrected chi connectivity index (χ4v) is 1.97. The van der Waals surface area contributed by atoms with Crippen molar-refractivity contribution in [3.05, 3.63) is 66.3 Å². The highest BCUT2D eigenvalue weighted by Gasteiger charge is 2.07. The highest BCUT2D eigenvalue weighted by Crippen LogP contribution is 2.16. The first-order valence-corrected chi connectivity index (χ1v) is 6.90. The minimum atomic E-state index is 0.565. The molecule has 106 valence electrons. The van der Waals surface area contributed by atoms with Gasteiger partial charge in [0.2, 0.25) is 11.8 Å². The lowest BCUT2D eigenvalue weighted by Gasteiger charge is -2.01. The second-order valence-corrected chi connectivity index (χ2v) is 4.61. The quantitative estimate of drug-likeness (QED) is 0.703. The first kappa shape index (κ1) is 13.5. The lowest BCUT2D eigenvalue weighted by molar-refractivity contribution is 0.493. The minimum Gasteiger partial charge on any atom is -0.421 e. The Kier molecular flexibility index (Phi) is 4.33. The number of pyridine rings is 1. The zero-order chi connectivity index (χ0) is 14.3. The molecule has 0 atom stereocenters. The second kappa shape index (κ2) is 6.76. The van der Waals surface area contributed by atoms with Gasteiger partial charge in [0.15, 0.2) is 0 Å². The van der Waals surface area contributed by atoms with Gasteiger partial charge >= 0.3 is 0 Å². The monoisotopic (exact) mass is 280 g/mol. The van der Waals surface area contributed by atoms with Gasteiger partial charge in [-0.1, -0.05) is 24.3 Å². The van der Waals surface area contributed by atoms with Crippen molar-refractivity contribution in [3.63, 3.8) is 0 Å². The highest BCUT2D eigenvalue weighted by molar-refractivity contribution is 5.51. The van der Waals surface area contributed by atoms with Crippen LogP contribution in [0.15, 0.2) is 59.1 Å². The Hall–Kier alpha value is -2.53. The van der Waals surface area contributed by atoms with E-state index in [0.717, 1.165) is 24.3 Å². The van der Waals surface area contributed by atoms with Gasteiger partial charge in [0, 0.05) is 31.3 Å². The van der Waals surface area contributed by atoms with E-state index in [0.29, 0.717) is 18.2 Å². The van der Waals surface area contributed by atoms with Crippen molar-refractivity contribution >= 4 is 0 Å². The Bertz CT molecular complexity index is 667. The predicted molar refractivity (Wildman–Crippen MR) is 79.4 cm³/mol. The number of hydrogen-bond acceptors (Lipinski definition) is 5. The van der Waals surface area contributed by atoms with Gasteiger partial charge in [-0.15, -0.1) is 10.2 Å². The number of nitrogens with one attached hydrogen (secondary N) is 1. The van der Waals surface area contributed by atoms with Crippen LogP contribution in [-0.2, 0) is 13.0 Å². The Morgan fingerprint density at radius 1 is 0.952 bits per heavy atom. The molecule has 0 fully saturated rings. The summed E-state index contributed by atoms with van der Waals surface area (Å²) in [5, 5.41) is 11.4. The summed E-state index contributed by atoms with van der Waals surface area (Å²) in [4.78, 5) is 4.25. The molecule has 0 aliphatic carbocycles. The third-order valence-electron chi connectivity index (χ3n) is 3.04. The summed E-state index contributed by atoms with van der Waals surface area (Å²) in [7, 11) is 0. The Morgan fingerprint density at radius 2 is 1.81 bits per heavy atom. The van der Waals surface area contributed by atoms with E-state index in [1.54, 1.807) is 6.20 Å². The van der Waals surface area contributed by atoms with E-state index in [9.17, 15) is 0 Å². The van der Waals surface area contributed by atoms with Crippen LogP contribution in [0.3, 0.4) is 0 Å². The van der Waals surface area contributed by atoms with Crippen molar-refractivity contribution in [3.8, 4) is 11.5 Å². The van der Waals surface area contributed by atoms with Crippen LogP contribution in [0.25, 0.3) is 11.5 Å². The minimum absolute atomic E-state index is 0.565. The summed E-state index contributed by atoms with van der Waals surface area (Å²) < 4.78 is 5.64. The van der Waals surface area contributed by atoms with Crippen molar-refractivity contribution in [2.45, 2.75) is 13.0 Å². The van der Waals surface area contributed by atoms with Crippen LogP contribution < -0.4 is 5.32 Å². The zero-order valence-electron chi connectivity index (χ0n) is 11.6. The largest absolute Gasteiger partial charge is 0.421 e. The lowest BCUT2D eigenvalue weighted by Crippen LogP contribution is -2.17. The van der Waals surface area contributed by atoms with Crippen molar-refractivity contribution in [2.75, 3.05) is 6.54 Å². The van der Waals surface area contributed by atoms with Gasteiger partial charge in [0.25, 0.3) is 0 Å². The van der Waals surface area contributed by atoms with Crippen molar-refractivity contribution in [2.24, 2.45) is 0 Å². The average molecular weight is 280 g/mol. The molecule has 3 aromatic rings. The number of rotatable bonds is 6. The standard InChI is InChI=1S/C16H16N4O/c1-2-6-13(7-3-1)16-20-19-15(21-16)9-11-17-12-14-8-4-5-10-18-14/h1-8,10,17H,9,11-12H2. The summed E-state index contributed by atoms with van der Waals surface area (Å²) in [6.45, 7) is 1.51. The Labute approximate surface area is 123 Å². The van der Waals surface area contributed by atoms with E-state index in [1.165, 1.54) is 0 Å². The molecule has 5 heteroatoms. The average Bonchev–Trinajstić information content (AvgIpc) is 3.02. The maximum absolute atomic E-state index is 5.64. The molecule has 1 N–H and O–H groups in total. The Balaban J connectivity index is 1.49. The molecule has 0 aliphatic rings. The molecule has 2 aromatic heterocycles.